The number of amides is 2. The van der Waals surface area contributed by atoms with Crippen LogP contribution in [0.5, 0.6) is 5.75 Å². The minimum Gasteiger partial charge on any atom is -0.497 e. The van der Waals surface area contributed by atoms with Crippen LogP contribution in [-0.4, -0.2) is 63.8 Å². The maximum atomic E-state index is 12.0. The fourth-order valence-electron chi connectivity index (χ4n) is 3.00. The average molecular weight is 440 g/mol. The number of hydrogen-bond donors (Lipinski definition) is 2. The first kappa shape index (κ1) is 22.9. The highest BCUT2D eigenvalue weighted by molar-refractivity contribution is 5.89. The quantitative estimate of drug-likeness (QED) is 0.482. The van der Waals surface area contributed by atoms with Crippen molar-refractivity contribution >= 4 is 23.6 Å². The Morgan fingerprint density at radius 3 is 2.38 bits per heavy atom. The van der Waals surface area contributed by atoms with Gasteiger partial charge in [-0.25, -0.2) is 9.79 Å². The van der Waals surface area contributed by atoms with Gasteiger partial charge in [-0.2, -0.15) is 0 Å². The zero-order chi connectivity index (χ0) is 22.9. The summed E-state index contributed by atoms with van der Waals surface area (Å²) in [6.07, 6.45) is -0.321. The van der Waals surface area contributed by atoms with E-state index in [1.807, 2.05) is 48.5 Å². The molecule has 0 bridgehead atoms. The highest BCUT2D eigenvalue weighted by Gasteiger charge is 2.23. The van der Waals surface area contributed by atoms with Crippen LogP contribution in [0.4, 0.5) is 10.5 Å². The number of carbonyl (C=O) groups excluding carboxylic acids is 2. The van der Waals surface area contributed by atoms with Gasteiger partial charge < -0.3 is 25.0 Å². The van der Waals surface area contributed by atoms with Crippen molar-refractivity contribution in [2.45, 2.75) is 13.1 Å². The normalized spacial score (nSPS) is 13.5. The Bertz CT molecular complexity index is 942. The van der Waals surface area contributed by atoms with Crippen LogP contribution in [-0.2, 0) is 22.6 Å². The SMILES string of the molecule is COc1ccc(CN=C(NCC(=O)N(C)C)NCc2ccc(N3CCOC3=O)cc2)cc1. The Kier molecular flexibility index (Phi) is 7.91. The van der Waals surface area contributed by atoms with Gasteiger partial charge in [-0.3, -0.25) is 9.69 Å². The van der Waals surface area contributed by atoms with E-state index in [0.717, 1.165) is 22.6 Å². The molecule has 9 nitrogen and oxygen atoms in total. The summed E-state index contributed by atoms with van der Waals surface area (Å²) in [5.74, 6) is 1.27. The zero-order valence-electron chi connectivity index (χ0n) is 18.6. The summed E-state index contributed by atoms with van der Waals surface area (Å²) in [6.45, 7) is 2.06. The second-order valence-corrected chi connectivity index (χ2v) is 7.44. The van der Waals surface area contributed by atoms with Gasteiger partial charge in [0, 0.05) is 26.3 Å². The molecule has 1 aliphatic rings. The summed E-state index contributed by atoms with van der Waals surface area (Å²) < 4.78 is 10.2. The molecule has 0 radical (unpaired) electrons. The number of guanidine groups is 1. The molecule has 0 saturated carbocycles. The first-order valence-corrected chi connectivity index (χ1v) is 10.3. The van der Waals surface area contributed by atoms with Crippen molar-refractivity contribution in [3.63, 3.8) is 0 Å². The number of anilines is 1. The lowest BCUT2D eigenvalue weighted by atomic mass is 10.2. The molecule has 0 spiro atoms. The lowest BCUT2D eigenvalue weighted by Gasteiger charge is -2.16. The van der Waals surface area contributed by atoms with Gasteiger partial charge in [0.1, 0.15) is 12.4 Å². The highest BCUT2D eigenvalue weighted by Crippen LogP contribution is 2.19. The Balaban J connectivity index is 1.62. The predicted molar refractivity (Wildman–Crippen MR) is 123 cm³/mol. The van der Waals surface area contributed by atoms with Crippen molar-refractivity contribution in [1.82, 2.24) is 15.5 Å². The lowest BCUT2D eigenvalue weighted by molar-refractivity contribution is -0.127. The molecule has 2 amide bonds. The number of ether oxygens (including phenoxy) is 2. The molecule has 0 unspecified atom stereocenters. The number of cyclic esters (lactones) is 1. The Labute approximate surface area is 188 Å². The average Bonchev–Trinajstić information content (AvgIpc) is 3.24. The molecule has 1 fully saturated rings. The number of hydrogen-bond acceptors (Lipinski definition) is 5. The van der Waals surface area contributed by atoms with Crippen molar-refractivity contribution < 1.29 is 19.1 Å². The number of aliphatic imine (C=N–C) groups is 1. The second-order valence-electron chi connectivity index (χ2n) is 7.44. The first-order valence-electron chi connectivity index (χ1n) is 10.3. The van der Waals surface area contributed by atoms with Crippen molar-refractivity contribution in [3.8, 4) is 5.75 Å². The predicted octanol–water partition coefficient (Wildman–Crippen LogP) is 1.98. The summed E-state index contributed by atoms with van der Waals surface area (Å²) >= 11 is 0. The first-order chi connectivity index (χ1) is 15.5. The Morgan fingerprint density at radius 2 is 1.78 bits per heavy atom. The van der Waals surface area contributed by atoms with E-state index in [4.69, 9.17) is 9.47 Å². The molecular formula is C23H29N5O4. The van der Waals surface area contributed by atoms with Gasteiger partial charge in [0.2, 0.25) is 5.91 Å². The van der Waals surface area contributed by atoms with Gasteiger partial charge in [0.15, 0.2) is 5.96 Å². The molecular weight excluding hydrogens is 410 g/mol. The standard InChI is InChI=1S/C23H29N5O4/c1-27(2)21(29)16-26-22(25-15-18-6-10-20(31-3)11-7-18)24-14-17-4-8-19(9-5-17)28-12-13-32-23(28)30/h4-11H,12-16H2,1-3H3,(H2,24,25,26). The molecule has 0 aliphatic carbocycles. The monoisotopic (exact) mass is 439 g/mol. The van der Waals surface area contributed by atoms with Crippen LogP contribution in [0.25, 0.3) is 0 Å². The molecule has 0 aromatic heterocycles. The van der Waals surface area contributed by atoms with E-state index in [1.54, 1.807) is 26.1 Å². The maximum absolute atomic E-state index is 12.0. The van der Waals surface area contributed by atoms with Crippen LogP contribution >= 0.6 is 0 Å². The summed E-state index contributed by atoms with van der Waals surface area (Å²) in [5, 5.41) is 6.34. The van der Waals surface area contributed by atoms with Gasteiger partial charge in [-0.1, -0.05) is 24.3 Å². The van der Waals surface area contributed by atoms with E-state index in [2.05, 4.69) is 15.6 Å². The van der Waals surface area contributed by atoms with Crippen LogP contribution in [0.3, 0.4) is 0 Å². The number of carbonyl (C=O) groups is 2. The van der Waals surface area contributed by atoms with Gasteiger partial charge in [-0.05, 0) is 35.4 Å². The van der Waals surface area contributed by atoms with Crippen molar-refractivity contribution in [2.75, 3.05) is 45.8 Å². The molecule has 3 rings (SSSR count). The number of benzene rings is 2. The van der Waals surface area contributed by atoms with Crippen molar-refractivity contribution in [2.24, 2.45) is 4.99 Å². The van der Waals surface area contributed by atoms with E-state index in [1.165, 1.54) is 4.90 Å². The summed E-state index contributed by atoms with van der Waals surface area (Å²) in [7, 11) is 5.05. The van der Waals surface area contributed by atoms with E-state index in [-0.39, 0.29) is 18.5 Å². The molecule has 1 aliphatic heterocycles. The number of methoxy groups -OCH3 is 1. The summed E-state index contributed by atoms with van der Waals surface area (Å²) in [5.41, 5.74) is 2.84. The van der Waals surface area contributed by atoms with Gasteiger partial charge in [-0.15, -0.1) is 0 Å². The fourth-order valence-corrected chi connectivity index (χ4v) is 3.00. The van der Waals surface area contributed by atoms with Crippen LogP contribution < -0.4 is 20.3 Å². The summed E-state index contributed by atoms with van der Waals surface area (Å²) in [4.78, 5) is 31.4. The third-order valence-corrected chi connectivity index (χ3v) is 4.95. The molecule has 2 aromatic carbocycles. The summed E-state index contributed by atoms with van der Waals surface area (Å²) in [6, 6.07) is 15.3. The molecule has 1 heterocycles. The molecule has 1 saturated heterocycles. The molecule has 32 heavy (non-hydrogen) atoms. The second kappa shape index (κ2) is 11.0. The topological polar surface area (TPSA) is 95.5 Å². The zero-order valence-corrected chi connectivity index (χ0v) is 18.6. The largest absolute Gasteiger partial charge is 0.497 e. The lowest BCUT2D eigenvalue weighted by Crippen LogP contribution is -2.42. The number of nitrogens with one attached hydrogen (secondary N) is 2. The smallest absolute Gasteiger partial charge is 0.414 e. The van der Waals surface area contributed by atoms with E-state index < -0.39 is 0 Å². The molecule has 2 N–H and O–H groups in total. The third-order valence-electron chi connectivity index (χ3n) is 4.95. The van der Waals surface area contributed by atoms with Gasteiger partial charge >= 0.3 is 6.09 Å². The highest BCUT2D eigenvalue weighted by atomic mass is 16.6. The Morgan fingerprint density at radius 1 is 1.09 bits per heavy atom. The van der Waals surface area contributed by atoms with Crippen LogP contribution in [0, 0.1) is 0 Å². The number of rotatable bonds is 8. The van der Waals surface area contributed by atoms with E-state index >= 15 is 0 Å². The minimum atomic E-state index is -0.321. The molecule has 9 heteroatoms. The van der Waals surface area contributed by atoms with Crippen molar-refractivity contribution in [1.29, 1.82) is 0 Å². The molecule has 170 valence electrons. The van der Waals surface area contributed by atoms with E-state index in [9.17, 15) is 9.59 Å². The minimum absolute atomic E-state index is 0.0502. The molecule has 2 aromatic rings. The molecule has 0 atom stereocenters. The number of nitrogens with zero attached hydrogens (tertiary/aromatic N) is 3. The van der Waals surface area contributed by atoms with E-state index in [0.29, 0.717) is 32.2 Å². The third kappa shape index (κ3) is 6.37. The number of likely N-dealkylation sites (N-methyl/N-ethyl adjacent to an activating group) is 1. The van der Waals surface area contributed by atoms with Crippen molar-refractivity contribution in [3.05, 3.63) is 59.7 Å². The van der Waals surface area contributed by atoms with Gasteiger partial charge in [0.25, 0.3) is 0 Å². The van der Waals surface area contributed by atoms with Crippen LogP contribution in [0.1, 0.15) is 11.1 Å². The van der Waals surface area contributed by atoms with Gasteiger partial charge in [0.05, 0.1) is 26.7 Å². The fraction of sp³-hybridized carbons (Fsp3) is 0.348. The van der Waals surface area contributed by atoms with Crippen LogP contribution in [0.15, 0.2) is 53.5 Å². The Hall–Kier alpha value is -3.75. The maximum Gasteiger partial charge on any atom is 0.414 e. The van der Waals surface area contributed by atoms with Crippen LogP contribution in [0.2, 0.25) is 0 Å².